The van der Waals surface area contributed by atoms with Gasteiger partial charge in [0.25, 0.3) is 0 Å². The van der Waals surface area contributed by atoms with E-state index in [1.54, 1.807) is 13.0 Å². The summed E-state index contributed by atoms with van der Waals surface area (Å²) in [4.78, 5) is 36.7. The SMILES string of the molecule is CC(CCC(=O)O)NC(=O)Cn1cccnc1=O. The second-order valence-electron chi connectivity index (χ2n) is 3.93. The molecule has 1 heterocycles. The van der Waals surface area contributed by atoms with Gasteiger partial charge in [0, 0.05) is 24.9 Å². The number of carbonyl (C=O) groups excluding carboxylic acids is 1. The number of nitrogens with one attached hydrogen (secondary N) is 1. The Labute approximate surface area is 103 Å². The van der Waals surface area contributed by atoms with Crippen LogP contribution in [0.4, 0.5) is 0 Å². The van der Waals surface area contributed by atoms with Gasteiger partial charge in [0.05, 0.1) is 0 Å². The predicted molar refractivity (Wildman–Crippen MR) is 63.0 cm³/mol. The average Bonchev–Trinajstić information content (AvgIpc) is 2.29. The van der Waals surface area contributed by atoms with Gasteiger partial charge < -0.3 is 10.4 Å². The van der Waals surface area contributed by atoms with Gasteiger partial charge in [-0.25, -0.2) is 9.78 Å². The molecular formula is C11H15N3O4. The first-order valence-electron chi connectivity index (χ1n) is 5.51. The molecule has 2 N–H and O–H groups in total. The standard InChI is InChI=1S/C11H15N3O4/c1-8(3-4-10(16)17)13-9(15)7-14-6-2-5-12-11(14)18/h2,5-6,8H,3-4,7H2,1H3,(H,13,15)(H,16,17). The van der Waals surface area contributed by atoms with Crippen LogP contribution in [0.2, 0.25) is 0 Å². The van der Waals surface area contributed by atoms with E-state index in [0.717, 1.165) is 0 Å². The molecule has 0 aliphatic carbocycles. The summed E-state index contributed by atoms with van der Waals surface area (Å²) >= 11 is 0. The van der Waals surface area contributed by atoms with Gasteiger partial charge in [-0.05, 0) is 19.4 Å². The number of hydrogen-bond acceptors (Lipinski definition) is 4. The number of rotatable bonds is 6. The molecule has 0 aliphatic rings. The van der Waals surface area contributed by atoms with Crippen LogP contribution in [-0.4, -0.2) is 32.6 Å². The number of hydrogen-bond donors (Lipinski definition) is 2. The first-order chi connectivity index (χ1) is 8.49. The predicted octanol–water partition coefficient (Wildman–Crippen LogP) is -0.387. The fourth-order valence-electron chi connectivity index (χ4n) is 1.39. The summed E-state index contributed by atoms with van der Waals surface area (Å²) in [5.41, 5.74) is -0.495. The van der Waals surface area contributed by atoms with Crippen molar-refractivity contribution in [3.63, 3.8) is 0 Å². The molecule has 18 heavy (non-hydrogen) atoms. The molecule has 0 bridgehead atoms. The number of carboxylic acids is 1. The highest BCUT2D eigenvalue weighted by atomic mass is 16.4. The number of amides is 1. The minimum Gasteiger partial charge on any atom is -0.481 e. The van der Waals surface area contributed by atoms with Gasteiger partial charge in [-0.2, -0.15) is 0 Å². The second-order valence-corrected chi connectivity index (χ2v) is 3.93. The lowest BCUT2D eigenvalue weighted by Crippen LogP contribution is -2.37. The zero-order chi connectivity index (χ0) is 13.5. The molecule has 1 aromatic rings. The molecule has 1 unspecified atom stereocenters. The molecule has 7 nitrogen and oxygen atoms in total. The molecule has 0 aromatic carbocycles. The van der Waals surface area contributed by atoms with Crippen molar-refractivity contribution in [1.82, 2.24) is 14.9 Å². The van der Waals surface area contributed by atoms with Crippen LogP contribution >= 0.6 is 0 Å². The molecule has 0 saturated carbocycles. The van der Waals surface area contributed by atoms with Gasteiger partial charge in [-0.1, -0.05) is 0 Å². The molecule has 1 rings (SSSR count). The van der Waals surface area contributed by atoms with E-state index in [0.29, 0.717) is 6.42 Å². The maximum atomic E-state index is 11.6. The third-order valence-electron chi connectivity index (χ3n) is 2.30. The minimum absolute atomic E-state index is 0.00567. The summed E-state index contributed by atoms with van der Waals surface area (Å²) < 4.78 is 1.18. The molecule has 0 fully saturated rings. The summed E-state index contributed by atoms with van der Waals surface area (Å²) in [5, 5.41) is 11.1. The van der Waals surface area contributed by atoms with Gasteiger partial charge >= 0.3 is 11.7 Å². The second kappa shape index (κ2) is 6.53. The van der Waals surface area contributed by atoms with E-state index >= 15 is 0 Å². The summed E-state index contributed by atoms with van der Waals surface area (Å²) in [6.45, 7) is 1.59. The molecule has 0 radical (unpaired) electrons. The number of nitrogens with zero attached hydrogens (tertiary/aromatic N) is 2. The molecule has 98 valence electrons. The van der Waals surface area contributed by atoms with E-state index in [1.807, 2.05) is 0 Å². The lowest BCUT2D eigenvalue weighted by atomic mass is 10.2. The number of aliphatic carboxylic acids is 1. The Morgan fingerprint density at radius 1 is 1.56 bits per heavy atom. The number of aromatic nitrogens is 2. The number of carbonyl (C=O) groups is 2. The zero-order valence-electron chi connectivity index (χ0n) is 10.00. The molecule has 1 atom stereocenters. The molecular weight excluding hydrogens is 238 g/mol. The van der Waals surface area contributed by atoms with Crippen molar-refractivity contribution in [2.24, 2.45) is 0 Å². The Morgan fingerprint density at radius 3 is 2.89 bits per heavy atom. The average molecular weight is 253 g/mol. The van der Waals surface area contributed by atoms with Gasteiger partial charge in [0.15, 0.2) is 0 Å². The highest BCUT2D eigenvalue weighted by Crippen LogP contribution is 1.96. The Kier molecular flexibility index (Phi) is 5.04. The maximum Gasteiger partial charge on any atom is 0.347 e. The summed E-state index contributed by atoms with van der Waals surface area (Å²) in [5.74, 6) is -1.25. The first-order valence-corrected chi connectivity index (χ1v) is 5.51. The van der Waals surface area contributed by atoms with Gasteiger partial charge in [0.1, 0.15) is 6.54 Å². The van der Waals surface area contributed by atoms with Gasteiger partial charge in [-0.3, -0.25) is 14.2 Å². The summed E-state index contributed by atoms with van der Waals surface area (Å²) in [6.07, 6.45) is 3.17. The van der Waals surface area contributed by atoms with E-state index < -0.39 is 11.7 Å². The lowest BCUT2D eigenvalue weighted by molar-refractivity contribution is -0.137. The molecule has 7 heteroatoms. The van der Waals surface area contributed by atoms with Crippen molar-refractivity contribution < 1.29 is 14.7 Å². The minimum atomic E-state index is -0.903. The highest BCUT2D eigenvalue weighted by molar-refractivity contribution is 5.76. The van der Waals surface area contributed by atoms with E-state index in [9.17, 15) is 14.4 Å². The third kappa shape index (κ3) is 4.77. The smallest absolute Gasteiger partial charge is 0.347 e. The fourth-order valence-corrected chi connectivity index (χ4v) is 1.39. The van der Waals surface area contributed by atoms with Crippen LogP contribution in [0.25, 0.3) is 0 Å². The first kappa shape index (κ1) is 13.9. The topological polar surface area (TPSA) is 101 Å². The van der Waals surface area contributed by atoms with E-state index in [-0.39, 0.29) is 24.9 Å². The van der Waals surface area contributed by atoms with Crippen LogP contribution in [0.1, 0.15) is 19.8 Å². The van der Waals surface area contributed by atoms with Crippen LogP contribution in [0, 0.1) is 0 Å². The number of carboxylic acid groups (broad SMARTS) is 1. The Balaban J connectivity index is 2.45. The van der Waals surface area contributed by atoms with Crippen molar-refractivity contribution in [3.8, 4) is 0 Å². The van der Waals surface area contributed by atoms with Crippen LogP contribution in [-0.2, 0) is 16.1 Å². The van der Waals surface area contributed by atoms with Crippen LogP contribution in [0.3, 0.4) is 0 Å². The summed E-state index contributed by atoms with van der Waals surface area (Å²) in [6, 6.07) is 1.31. The zero-order valence-corrected chi connectivity index (χ0v) is 10.00. The van der Waals surface area contributed by atoms with Crippen LogP contribution in [0.5, 0.6) is 0 Å². The van der Waals surface area contributed by atoms with Gasteiger partial charge in [0.2, 0.25) is 5.91 Å². The van der Waals surface area contributed by atoms with Crippen molar-refractivity contribution >= 4 is 11.9 Å². The third-order valence-corrected chi connectivity index (χ3v) is 2.30. The quantitative estimate of drug-likeness (QED) is 0.719. The van der Waals surface area contributed by atoms with Crippen molar-refractivity contribution in [1.29, 1.82) is 0 Å². The van der Waals surface area contributed by atoms with E-state index in [1.165, 1.54) is 17.0 Å². The normalized spacial score (nSPS) is 11.8. The molecule has 0 spiro atoms. The lowest BCUT2D eigenvalue weighted by Gasteiger charge is -2.13. The Morgan fingerprint density at radius 2 is 2.28 bits per heavy atom. The van der Waals surface area contributed by atoms with Crippen molar-refractivity contribution in [3.05, 3.63) is 28.9 Å². The van der Waals surface area contributed by atoms with Crippen LogP contribution < -0.4 is 11.0 Å². The molecule has 0 aliphatic heterocycles. The van der Waals surface area contributed by atoms with Gasteiger partial charge in [-0.15, -0.1) is 0 Å². The van der Waals surface area contributed by atoms with E-state index in [4.69, 9.17) is 5.11 Å². The molecule has 1 amide bonds. The van der Waals surface area contributed by atoms with Crippen molar-refractivity contribution in [2.75, 3.05) is 0 Å². The molecule has 1 aromatic heterocycles. The summed E-state index contributed by atoms with van der Waals surface area (Å²) in [7, 11) is 0. The maximum absolute atomic E-state index is 11.6. The van der Waals surface area contributed by atoms with Crippen LogP contribution in [0.15, 0.2) is 23.3 Å². The fraction of sp³-hybridized carbons (Fsp3) is 0.455. The largest absolute Gasteiger partial charge is 0.481 e. The monoisotopic (exact) mass is 253 g/mol. The highest BCUT2D eigenvalue weighted by Gasteiger charge is 2.10. The van der Waals surface area contributed by atoms with E-state index in [2.05, 4.69) is 10.3 Å². The Bertz CT molecular complexity index is 483. The van der Waals surface area contributed by atoms with Crippen molar-refractivity contribution in [2.45, 2.75) is 32.4 Å². The molecule has 0 saturated heterocycles. The Hall–Kier alpha value is -2.18.